The summed E-state index contributed by atoms with van der Waals surface area (Å²) < 4.78 is 0. The van der Waals surface area contributed by atoms with Gasteiger partial charge in [0.05, 0.1) is 11.6 Å². The van der Waals surface area contributed by atoms with Gasteiger partial charge in [0, 0.05) is 12.2 Å². The van der Waals surface area contributed by atoms with Crippen molar-refractivity contribution in [3.63, 3.8) is 0 Å². The van der Waals surface area contributed by atoms with Gasteiger partial charge in [-0.25, -0.2) is 0 Å². The Kier molecular flexibility index (Phi) is 5.44. The highest BCUT2D eigenvalue weighted by molar-refractivity contribution is 6.02. The third-order valence-corrected chi connectivity index (χ3v) is 2.98. The molecule has 0 aliphatic heterocycles. The van der Waals surface area contributed by atoms with Gasteiger partial charge in [0.25, 0.3) is 5.91 Å². The standard InChI is InChI=1S/C16H17N5O/c1-2-3-9-18-15-8-7-14(20-21-15)16(22)19-13-6-4-5-12(10-13)11-17/h4-8,10H,2-3,9H2,1H3,(H,18,21)(H,19,22). The van der Waals surface area contributed by atoms with Gasteiger partial charge in [0.1, 0.15) is 5.82 Å². The molecule has 0 atom stereocenters. The largest absolute Gasteiger partial charge is 0.369 e. The molecule has 1 aromatic heterocycles. The summed E-state index contributed by atoms with van der Waals surface area (Å²) in [6.45, 7) is 2.94. The summed E-state index contributed by atoms with van der Waals surface area (Å²) in [5.74, 6) is 0.291. The SMILES string of the molecule is CCCCNc1ccc(C(=O)Nc2cccc(C#N)c2)nn1. The first-order valence-electron chi connectivity index (χ1n) is 7.12. The average molecular weight is 295 g/mol. The fraction of sp³-hybridized carbons (Fsp3) is 0.250. The van der Waals surface area contributed by atoms with E-state index in [2.05, 4.69) is 27.8 Å². The first-order valence-corrected chi connectivity index (χ1v) is 7.12. The molecule has 0 aliphatic rings. The molecule has 2 N–H and O–H groups in total. The van der Waals surface area contributed by atoms with Gasteiger partial charge < -0.3 is 10.6 Å². The number of rotatable bonds is 6. The van der Waals surface area contributed by atoms with Gasteiger partial charge in [-0.15, -0.1) is 10.2 Å². The lowest BCUT2D eigenvalue weighted by atomic mass is 10.2. The minimum absolute atomic E-state index is 0.225. The molecule has 2 rings (SSSR count). The van der Waals surface area contributed by atoms with E-state index >= 15 is 0 Å². The highest BCUT2D eigenvalue weighted by Crippen LogP contribution is 2.11. The van der Waals surface area contributed by atoms with Crippen LogP contribution >= 0.6 is 0 Å². The molecule has 1 amide bonds. The molecule has 2 aromatic rings. The van der Waals surface area contributed by atoms with Crippen LogP contribution < -0.4 is 10.6 Å². The fourth-order valence-corrected chi connectivity index (χ4v) is 1.80. The van der Waals surface area contributed by atoms with Gasteiger partial charge in [-0.2, -0.15) is 5.26 Å². The number of hydrogen-bond acceptors (Lipinski definition) is 5. The molecule has 0 saturated carbocycles. The zero-order valence-electron chi connectivity index (χ0n) is 12.3. The summed E-state index contributed by atoms with van der Waals surface area (Å²) in [6.07, 6.45) is 2.15. The summed E-state index contributed by atoms with van der Waals surface area (Å²) in [5.41, 5.74) is 1.26. The van der Waals surface area contributed by atoms with Crippen molar-refractivity contribution in [3.05, 3.63) is 47.7 Å². The summed E-state index contributed by atoms with van der Waals surface area (Å²) in [4.78, 5) is 12.1. The number of hydrogen-bond donors (Lipinski definition) is 2. The second-order valence-corrected chi connectivity index (χ2v) is 4.73. The number of benzene rings is 1. The van der Waals surface area contributed by atoms with Crippen LogP contribution in [0.2, 0.25) is 0 Å². The molecule has 0 bridgehead atoms. The number of carbonyl (C=O) groups excluding carboxylic acids is 1. The van der Waals surface area contributed by atoms with Crippen molar-refractivity contribution in [1.29, 1.82) is 5.26 Å². The lowest BCUT2D eigenvalue weighted by molar-refractivity contribution is 0.102. The number of aromatic nitrogens is 2. The highest BCUT2D eigenvalue weighted by atomic mass is 16.1. The Hall–Kier alpha value is -2.94. The third-order valence-electron chi connectivity index (χ3n) is 2.98. The fourth-order valence-electron chi connectivity index (χ4n) is 1.80. The predicted octanol–water partition coefficient (Wildman–Crippen LogP) is 2.81. The van der Waals surface area contributed by atoms with E-state index in [0.29, 0.717) is 17.1 Å². The van der Waals surface area contributed by atoms with Gasteiger partial charge >= 0.3 is 0 Å². The maximum absolute atomic E-state index is 12.1. The number of carbonyl (C=O) groups is 1. The van der Waals surface area contributed by atoms with Crippen LogP contribution in [0, 0.1) is 11.3 Å². The molecule has 6 nitrogen and oxygen atoms in total. The van der Waals surface area contributed by atoms with Crippen molar-refractivity contribution in [3.8, 4) is 6.07 Å². The van der Waals surface area contributed by atoms with Crippen molar-refractivity contribution >= 4 is 17.4 Å². The van der Waals surface area contributed by atoms with Crippen LogP contribution in [0.1, 0.15) is 35.8 Å². The molecule has 22 heavy (non-hydrogen) atoms. The van der Waals surface area contributed by atoms with Crippen molar-refractivity contribution < 1.29 is 4.79 Å². The second kappa shape index (κ2) is 7.74. The smallest absolute Gasteiger partial charge is 0.276 e. The van der Waals surface area contributed by atoms with Gasteiger partial charge in [-0.3, -0.25) is 4.79 Å². The van der Waals surface area contributed by atoms with Gasteiger partial charge in [-0.05, 0) is 36.8 Å². The Morgan fingerprint density at radius 2 is 2.14 bits per heavy atom. The average Bonchev–Trinajstić information content (AvgIpc) is 2.56. The van der Waals surface area contributed by atoms with Crippen molar-refractivity contribution in [2.75, 3.05) is 17.2 Å². The molecule has 0 unspecified atom stereocenters. The van der Waals surface area contributed by atoms with Gasteiger partial charge in [-0.1, -0.05) is 19.4 Å². The first-order chi connectivity index (χ1) is 10.7. The van der Waals surface area contributed by atoms with Crippen LogP contribution in [-0.2, 0) is 0 Å². The van der Waals surface area contributed by atoms with E-state index in [4.69, 9.17) is 5.26 Å². The van der Waals surface area contributed by atoms with E-state index in [1.165, 1.54) is 0 Å². The Labute approximate surface area is 129 Å². The molecule has 1 heterocycles. The predicted molar refractivity (Wildman–Crippen MR) is 84.5 cm³/mol. The zero-order valence-corrected chi connectivity index (χ0v) is 12.3. The van der Waals surface area contributed by atoms with Crippen molar-refractivity contribution in [2.24, 2.45) is 0 Å². The number of amides is 1. The van der Waals surface area contributed by atoms with Gasteiger partial charge in [0.15, 0.2) is 5.69 Å². The molecular weight excluding hydrogens is 278 g/mol. The summed E-state index contributed by atoms with van der Waals surface area (Å²) in [6, 6.07) is 12.1. The maximum Gasteiger partial charge on any atom is 0.276 e. The summed E-state index contributed by atoms with van der Waals surface area (Å²) in [7, 11) is 0. The molecular formula is C16H17N5O. The van der Waals surface area contributed by atoms with E-state index in [1.807, 2.05) is 6.07 Å². The van der Waals surface area contributed by atoms with Gasteiger partial charge in [0.2, 0.25) is 0 Å². The van der Waals surface area contributed by atoms with Crippen molar-refractivity contribution in [1.82, 2.24) is 10.2 Å². The van der Waals surface area contributed by atoms with E-state index in [0.717, 1.165) is 19.4 Å². The molecule has 0 fully saturated rings. The van der Waals surface area contributed by atoms with Crippen LogP contribution in [0.4, 0.5) is 11.5 Å². The molecule has 6 heteroatoms. The maximum atomic E-state index is 12.1. The summed E-state index contributed by atoms with van der Waals surface area (Å²) >= 11 is 0. The molecule has 0 radical (unpaired) electrons. The van der Waals surface area contributed by atoms with Crippen LogP contribution in [0.25, 0.3) is 0 Å². The van der Waals surface area contributed by atoms with Crippen LogP contribution in [-0.4, -0.2) is 22.6 Å². The van der Waals surface area contributed by atoms with Crippen LogP contribution in [0.5, 0.6) is 0 Å². The number of nitriles is 1. The Bertz CT molecular complexity index is 676. The Balaban J connectivity index is 1.99. The monoisotopic (exact) mass is 295 g/mol. The zero-order chi connectivity index (χ0) is 15.8. The lowest BCUT2D eigenvalue weighted by Crippen LogP contribution is -2.15. The number of nitrogens with one attached hydrogen (secondary N) is 2. The van der Waals surface area contributed by atoms with E-state index < -0.39 is 0 Å². The number of nitrogens with zero attached hydrogens (tertiary/aromatic N) is 3. The third kappa shape index (κ3) is 4.28. The van der Waals surface area contributed by atoms with Crippen molar-refractivity contribution in [2.45, 2.75) is 19.8 Å². The summed E-state index contributed by atoms with van der Waals surface area (Å²) in [5, 5.41) is 22.5. The molecule has 112 valence electrons. The first kappa shape index (κ1) is 15.4. The van der Waals surface area contributed by atoms with E-state index in [1.54, 1.807) is 36.4 Å². The number of unbranched alkanes of at least 4 members (excludes halogenated alkanes) is 1. The lowest BCUT2D eigenvalue weighted by Gasteiger charge is -2.06. The minimum Gasteiger partial charge on any atom is -0.369 e. The highest BCUT2D eigenvalue weighted by Gasteiger charge is 2.09. The Morgan fingerprint density at radius 1 is 1.27 bits per heavy atom. The van der Waals surface area contributed by atoms with Crippen LogP contribution in [0.15, 0.2) is 36.4 Å². The minimum atomic E-state index is -0.359. The Morgan fingerprint density at radius 3 is 2.82 bits per heavy atom. The quantitative estimate of drug-likeness (QED) is 0.800. The molecule has 0 saturated heterocycles. The van der Waals surface area contributed by atoms with Crippen LogP contribution in [0.3, 0.4) is 0 Å². The second-order valence-electron chi connectivity index (χ2n) is 4.73. The molecule has 1 aromatic carbocycles. The number of anilines is 2. The topological polar surface area (TPSA) is 90.7 Å². The molecule has 0 spiro atoms. The molecule has 0 aliphatic carbocycles. The van der Waals surface area contributed by atoms with E-state index in [9.17, 15) is 4.79 Å². The van der Waals surface area contributed by atoms with E-state index in [-0.39, 0.29) is 11.6 Å². The normalized spacial score (nSPS) is 9.82.